The Morgan fingerprint density at radius 1 is 1.53 bits per heavy atom. The molecule has 0 aliphatic heterocycles. The van der Waals surface area contributed by atoms with Crippen LogP contribution in [-0.2, 0) is 6.42 Å². The molecule has 2 aromatic rings. The van der Waals surface area contributed by atoms with Gasteiger partial charge < -0.3 is 5.73 Å². The van der Waals surface area contributed by atoms with Gasteiger partial charge in [-0.3, -0.25) is 0 Å². The lowest BCUT2D eigenvalue weighted by molar-refractivity contribution is 0.890. The topological polar surface area (TPSA) is 67.6 Å². The molecule has 2 rings (SSSR count). The van der Waals surface area contributed by atoms with Crippen molar-refractivity contribution in [2.45, 2.75) is 13.3 Å². The number of anilines is 1. The number of halogens is 1. The third-order valence-corrected chi connectivity index (χ3v) is 2.96. The number of nitrogens with zero attached hydrogens (tertiary/aromatic N) is 3. The number of hydrogen-bond donors (Lipinski definition) is 1. The summed E-state index contributed by atoms with van der Waals surface area (Å²) in [6.45, 7) is 1.93. The van der Waals surface area contributed by atoms with Gasteiger partial charge in [0.1, 0.15) is 5.82 Å². The molecule has 86 valence electrons. The average Bonchev–Trinajstić information content (AvgIpc) is 2.66. The highest BCUT2D eigenvalue weighted by atomic mass is 35.5. The lowest BCUT2D eigenvalue weighted by Gasteiger charge is -2.06. The minimum absolute atomic E-state index is 0.255. The number of nitrogens with two attached hydrogens (primary N) is 1. The average molecular weight is 247 g/mol. The van der Waals surface area contributed by atoms with Gasteiger partial charge in [-0.05, 0) is 24.6 Å². The van der Waals surface area contributed by atoms with Gasteiger partial charge in [0.25, 0.3) is 0 Å². The van der Waals surface area contributed by atoms with E-state index in [1.807, 2.05) is 19.1 Å². The molecule has 0 fully saturated rings. The Kier molecular flexibility index (Phi) is 3.03. The summed E-state index contributed by atoms with van der Waals surface area (Å²) < 4.78 is 1.58. The minimum Gasteiger partial charge on any atom is -0.383 e. The molecule has 0 atom stereocenters. The monoisotopic (exact) mass is 246 g/mol. The number of benzene rings is 1. The second-order valence-electron chi connectivity index (χ2n) is 3.74. The van der Waals surface area contributed by atoms with Crippen LogP contribution in [-0.4, -0.2) is 9.78 Å². The molecule has 5 heteroatoms. The normalized spacial score (nSPS) is 10.2. The van der Waals surface area contributed by atoms with Crippen LogP contribution in [0.4, 0.5) is 5.82 Å². The first kappa shape index (κ1) is 11.5. The largest absolute Gasteiger partial charge is 0.383 e. The summed E-state index contributed by atoms with van der Waals surface area (Å²) in [4.78, 5) is 0. The third kappa shape index (κ3) is 2.10. The number of nitrogen functional groups attached to an aromatic ring is 1. The number of rotatable bonds is 2. The van der Waals surface area contributed by atoms with Crippen molar-refractivity contribution in [3.8, 4) is 11.8 Å². The second kappa shape index (κ2) is 4.48. The molecule has 0 aliphatic carbocycles. The van der Waals surface area contributed by atoms with Crippen molar-refractivity contribution >= 4 is 17.4 Å². The van der Waals surface area contributed by atoms with Crippen LogP contribution in [0.15, 0.2) is 24.4 Å². The molecule has 1 aromatic carbocycles. The van der Waals surface area contributed by atoms with Crippen molar-refractivity contribution in [2.75, 3.05) is 5.73 Å². The fourth-order valence-corrected chi connectivity index (χ4v) is 1.71. The van der Waals surface area contributed by atoms with Gasteiger partial charge in [0.05, 0.1) is 24.4 Å². The molecule has 0 spiro atoms. The van der Waals surface area contributed by atoms with Gasteiger partial charge in [0, 0.05) is 10.6 Å². The van der Waals surface area contributed by atoms with Crippen LogP contribution in [0.25, 0.3) is 5.69 Å². The molecule has 0 saturated heterocycles. The smallest absolute Gasteiger partial charge is 0.131 e. The molecule has 17 heavy (non-hydrogen) atoms. The Morgan fingerprint density at radius 2 is 2.29 bits per heavy atom. The zero-order chi connectivity index (χ0) is 12.4. The maximum Gasteiger partial charge on any atom is 0.131 e. The Labute approximate surface area is 104 Å². The van der Waals surface area contributed by atoms with Crippen LogP contribution in [0.5, 0.6) is 0 Å². The van der Waals surface area contributed by atoms with Crippen molar-refractivity contribution in [3.05, 3.63) is 40.5 Å². The van der Waals surface area contributed by atoms with Crippen LogP contribution in [0, 0.1) is 18.3 Å². The van der Waals surface area contributed by atoms with Crippen LogP contribution < -0.4 is 5.73 Å². The Hall–Kier alpha value is -1.99. The Balaban J connectivity index is 2.47. The zero-order valence-electron chi connectivity index (χ0n) is 9.31. The maximum absolute atomic E-state index is 8.64. The van der Waals surface area contributed by atoms with E-state index in [0.717, 1.165) is 16.8 Å². The fraction of sp³-hybridized carbons (Fsp3) is 0.167. The van der Waals surface area contributed by atoms with Gasteiger partial charge in [-0.1, -0.05) is 17.7 Å². The van der Waals surface area contributed by atoms with E-state index in [9.17, 15) is 0 Å². The second-order valence-corrected chi connectivity index (χ2v) is 4.14. The van der Waals surface area contributed by atoms with E-state index in [0.29, 0.717) is 10.8 Å². The van der Waals surface area contributed by atoms with Crippen LogP contribution in [0.1, 0.15) is 11.1 Å². The summed E-state index contributed by atoms with van der Waals surface area (Å²) in [5.74, 6) is 0.478. The van der Waals surface area contributed by atoms with Crippen molar-refractivity contribution in [1.82, 2.24) is 9.78 Å². The molecule has 2 N–H and O–H groups in total. The van der Waals surface area contributed by atoms with Crippen LogP contribution >= 0.6 is 11.6 Å². The van der Waals surface area contributed by atoms with Crippen LogP contribution in [0.2, 0.25) is 5.02 Å². The predicted molar refractivity (Wildman–Crippen MR) is 67.0 cm³/mol. The number of nitriles is 1. The first-order valence-electron chi connectivity index (χ1n) is 5.09. The summed E-state index contributed by atoms with van der Waals surface area (Å²) >= 11 is 6.05. The molecule has 0 bridgehead atoms. The molecular formula is C12H11ClN4. The predicted octanol–water partition coefficient (Wildman–Crippen LogP) is 2.48. The molecule has 1 heterocycles. The quantitative estimate of drug-likeness (QED) is 0.885. The van der Waals surface area contributed by atoms with E-state index in [2.05, 4.69) is 11.2 Å². The Bertz CT molecular complexity index is 595. The number of hydrogen-bond acceptors (Lipinski definition) is 3. The molecule has 0 saturated carbocycles. The van der Waals surface area contributed by atoms with E-state index in [1.54, 1.807) is 16.9 Å². The van der Waals surface area contributed by atoms with Gasteiger partial charge in [0.2, 0.25) is 0 Å². The SMILES string of the molecule is Cc1ccc(-n2ncc(CC#N)c2N)cc1Cl. The van der Waals surface area contributed by atoms with Gasteiger partial charge >= 0.3 is 0 Å². The lowest BCUT2D eigenvalue weighted by Crippen LogP contribution is -2.03. The summed E-state index contributed by atoms with van der Waals surface area (Å²) in [5.41, 5.74) is 8.43. The van der Waals surface area contributed by atoms with Gasteiger partial charge in [-0.15, -0.1) is 0 Å². The van der Waals surface area contributed by atoms with E-state index in [4.69, 9.17) is 22.6 Å². The Morgan fingerprint density at radius 3 is 2.94 bits per heavy atom. The summed E-state index contributed by atoms with van der Waals surface area (Å²) in [6.07, 6.45) is 1.86. The van der Waals surface area contributed by atoms with Gasteiger partial charge in [-0.25, -0.2) is 4.68 Å². The molecular weight excluding hydrogens is 236 g/mol. The summed E-state index contributed by atoms with van der Waals surface area (Å²) in [5, 5.41) is 13.5. The van der Waals surface area contributed by atoms with Crippen molar-refractivity contribution in [2.24, 2.45) is 0 Å². The molecule has 0 aliphatic rings. The molecule has 4 nitrogen and oxygen atoms in total. The molecule has 0 amide bonds. The molecule has 1 aromatic heterocycles. The molecule has 0 unspecified atom stereocenters. The zero-order valence-corrected chi connectivity index (χ0v) is 10.1. The van der Waals surface area contributed by atoms with E-state index in [1.165, 1.54) is 0 Å². The lowest BCUT2D eigenvalue weighted by atomic mass is 10.2. The molecule has 0 radical (unpaired) electrons. The standard InChI is InChI=1S/C12H11ClN4/c1-8-2-3-10(6-11(8)13)17-12(15)9(4-5-14)7-16-17/h2-3,6-7H,4,15H2,1H3. The number of aryl methyl sites for hydroxylation is 1. The first-order valence-corrected chi connectivity index (χ1v) is 5.47. The van der Waals surface area contributed by atoms with Crippen molar-refractivity contribution in [1.29, 1.82) is 5.26 Å². The van der Waals surface area contributed by atoms with Crippen molar-refractivity contribution < 1.29 is 0 Å². The van der Waals surface area contributed by atoms with Crippen molar-refractivity contribution in [3.63, 3.8) is 0 Å². The maximum atomic E-state index is 8.64. The summed E-state index contributed by atoms with van der Waals surface area (Å²) in [7, 11) is 0. The summed E-state index contributed by atoms with van der Waals surface area (Å²) in [6, 6.07) is 7.65. The highest BCUT2D eigenvalue weighted by molar-refractivity contribution is 6.31. The highest BCUT2D eigenvalue weighted by Gasteiger charge is 2.09. The van der Waals surface area contributed by atoms with Gasteiger partial charge in [0.15, 0.2) is 0 Å². The van der Waals surface area contributed by atoms with Crippen LogP contribution in [0.3, 0.4) is 0 Å². The fourth-order valence-electron chi connectivity index (χ4n) is 1.53. The minimum atomic E-state index is 0.255. The van der Waals surface area contributed by atoms with E-state index < -0.39 is 0 Å². The first-order chi connectivity index (χ1) is 8.13. The highest BCUT2D eigenvalue weighted by Crippen LogP contribution is 2.22. The number of aromatic nitrogens is 2. The van der Waals surface area contributed by atoms with E-state index >= 15 is 0 Å². The van der Waals surface area contributed by atoms with Gasteiger partial charge in [-0.2, -0.15) is 10.4 Å². The van der Waals surface area contributed by atoms with E-state index in [-0.39, 0.29) is 6.42 Å². The third-order valence-electron chi connectivity index (χ3n) is 2.56.